The number of anilines is 1. The standard InChI is InChI=1S/C13H14N2O3/c1-14-12-9-6-8(17-2)4-5-11(9)15-7-10(12)13(16)18-3/h4-7H,1-3H3,(H,14,15). The highest BCUT2D eigenvalue weighted by atomic mass is 16.5. The number of nitrogens with one attached hydrogen (secondary N) is 1. The van der Waals surface area contributed by atoms with E-state index in [1.807, 2.05) is 18.2 Å². The molecule has 0 amide bonds. The van der Waals surface area contributed by atoms with Crippen molar-refractivity contribution in [2.24, 2.45) is 0 Å². The summed E-state index contributed by atoms with van der Waals surface area (Å²) in [6.45, 7) is 0. The Bertz CT molecular complexity index is 596. The molecule has 0 unspecified atom stereocenters. The molecular weight excluding hydrogens is 232 g/mol. The van der Waals surface area contributed by atoms with Gasteiger partial charge in [-0.1, -0.05) is 0 Å². The summed E-state index contributed by atoms with van der Waals surface area (Å²) in [5.74, 6) is 0.291. The van der Waals surface area contributed by atoms with Gasteiger partial charge in [0.05, 0.1) is 25.4 Å². The molecular formula is C13H14N2O3. The molecule has 5 heteroatoms. The van der Waals surface area contributed by atoms with E-state index in [0.29, 0.717) is 17.0 Å². The summed E-state index contributed by atoms with van der Waals surface area (Å²) < 4.78 is 9.91. The Morgan fingerprint density at radius 3 is 2.72 bits per heavy atom. The third kappa shape index (κ3) is 1.95. The normalized spacial score (nSPS) is 10.2. The van der Waals surface area contributed by atoms with Gasteiger partial charge in [-0.25, -0.2) is 4.79 Å². The van der Waals surface area contributed by atoms with E-state index in [9.17, 15) is 4.79 Å². The zero-order chi connectivity index (χ0) is 13.1. The molecule has 0 saturated carbocycles. The van der Waals surface area contributed by atoms with Crippen molar-refractivity contribution in [2.75, 3.05) is 26.6 Å². The predicted octanol–water partition coefficient (Wildman–Crippen LogP) is 2.07. The minimum atomic E-state index is -0.420. The number of nitrogens with zero attached hydrogens (tertiary/aromatic N) is 1. The lowest BCUT2D eigenvalue weighted by atomic mass is 10.1. The Balaban J connectivity index is 2.72. The zero-order valence-corrected chi connectivity index (χ0v) is 10.5. The summed E-state index contributed by atoms with van der Waals surface area (Å²) in [6, 6.07) is 5.50. The van der Waals surface area contributed by atoms with Crippen LogP contribution in [0.25, 0.3) is 10.9 Å². The molecule has 0 aliphatic rings. The fraction of sp³-hybridized carbons (Fsp3) is 0.231. The first kappa shape index (κ1) is 12.2. The van der Waals surface area contributed by atoms with E-state index in [2.05, 4.69) is 10.3 Å². The van der Waals surface area contributed by atoms with E-state index in [1.165, 1.54) is 13.3 Å². The van der Waals surface area contributed by atoms with Crippen LogP contribution in [0.4, 0.5) is 5.69 Å². The molecule has 94 valence electrons. The largest absolute Gasteiger partial charge is 0.497 e. The Morgan fingerprint density at radius 2 is 2.11 bits per heavy atom. The van der Waals surface area contributed by atoms with Crippen molar-refractivity contribution in [3.05, 3.63) is 30.0 Å². The van der Waals surface area contributed by atoms with Crippen LogP contribution in [0.2, 0.25) is 0 Å². The van der Waals surface area contributed by atoms with Gasteiger partial charge in [0, 0.05) is 18.6 Å². The minimum absolute atomic E-state index is 0.403. The van der Waals surface area contributed by atoms with E-state index in [0.717, 1.165) is 10.9 Å². The second kappa shape index (κ2) is 4.91. The van der Waals surface area contributed by atoms with Crippen molar-refractivity contribution >= 4 is 22.6 Å². The number of fused-ring (bicyclic) bond motifs is 1. The van der Waals surface area contributed by atoms with Crippen LogP contribution in [0, 0.1) is 0 Å². The molecule has 18 heavy (non-hydrogen) atoms. The lowest BCUT2D eigenvalue weighted by molar-refractivity contribution is 0.0601. The highest BCUT2D eigenvalue weighted by molar-refractivity contribution is 6.05. The quantitative estimate of drug-likeness (QED) is 0.840. The summed E-state index contributed by atoms with van der Waals surface area (Å²) in [5, 5.41) is 3.83. The minimum Gasteiger partial charge on any atom is -0.497 e. The summed E-state index contributed by atoms with van der Waals surface area (Å²) in [7, 11) is 4.69. The molecule has 1 aromatic heterocycles. The summed E-state index contributed by atoms with van der Waals surface area (Å²) in [4.78, 5) is 15.9. The third-order valence-electron chi connectivity index (χ3n) is 2.73. The Hall–Kier alpha value is -2.30. The van der Waals surface area contributed by atoms with Crippen molar-refractivity contribution in [3.8, 4) is 5.75 Å². The SMILES string of the molecule is CNc1c(C(=O)OC)cnc2ccc(OC)cc12. The molecule has 1 aromatic carbocycles. The van der Waals surface area contributed by atoms with Crippen LogP contribution in [-0.2, 0) is 4.74 Å². The fourth-order valence-electron chi connectivity index (χ4n) is 1.83. The van der Waals surface area contributed by atoms with Crippen LogP contribution in [0.3, 0.4) is 0 Å². The molecule has 0 saturated heterocycles. The Labute approximate surface area is 105 Å². The van der Waals surface area contributed by atoms with E-state index in [-0.39, 0.29) is 0 Å². The van der Waals surface area contributed by atoms with Crippen LogP contribution in [0.1, 0.15) is 10.4 Å². The van der Waals surface area contributed by atoms with Gasteiger partial charge in [0.2, 0.25) is 0 Å². The van der Waals surface area contributed by atoms with Gasteiger partial charge >= 0.3 is 5.97 Å². The van der Waals surface area contributed by atoms with Gasteiger partial charge in [-0.15, -0.1) is 0 Å². The second-order valence-corrected chi connectivity index (χ2v) is 3.67. The van der Waals surface area contributed by atoms with Crippen molar-refractivity contribution < 1.29 is 14.3 Å². The topological polar surface area (TPSA) is 60.5 Å². The fourth-order valence-corrected chi connectivity index (χ4v) is 1.83. The zero-order valence-electron chi connectivity index (χ0n) is 10.5. The van der Waals surface area contributed by atoms with Crippen LogP contribution >= 0.6 is 0 Å². The number of ether oxygens (including phenoxy) is 2. The van der Waals surface area contributed by atoms with E-state index in [4.69, 9.17) is 9.47 Å². The number of methoxy groups -OCH3 is 2. The Morgan fingerprint density at radius 1 is 1.33 bits per heavy atom. The number of hydrogen-bond acceptors (Lipinski definition) is 5. The van der Waals surface area contributed by atoms with Crippen molar-refractivity contribution in [1.82, 2.24) is 4.98 Å². The van der Waals surface area contributed by atoms with Crippen molar-refractivity contribution in [2.45, 2.75) is 0 Å². The van der Waals surface area contributed by atoms with Gasteiger partial charge in [0.1, 0.15) is 11.3 Å². The number of carbonyl (C=O) groups excluding carboxylic acids is 1. The lowest BCUT2D eigenvalue weighted by Gasteiger charge is -2.11. The van der Waals surface area contributed by atoms with Gasteiger partial charge in [-0.05, 0) is 18.2 Å². The first-order valence-electron chi connectivity index (χ1n) is 5.44. The molecule has 0 spiro atoms. The first-order valence-corrected chi connectivity index (χ1v) is 5.44. The van der Waals surface area contributed by atoms with Crippen LogP contribution in [0.15, 0.2) is 24.4 Å². The molecule has 1 heterocycles. The number of esters is 1. The maximum atomic E-state index is 11.7. The highest BCUT2D eigenvalue weighted by Crippen LogP contribution is 2.29. The van der Waals surface area contributed by atoms with E-state index in [1.54, 1.807) is 14.2 Å². The van der Waals surface area contributed by atoms with Gasteiger partial charge < -0.3 is 14.8 Å². The maximum absolute atomic E-state index is 11.7. The number of rotatable bonds is 3. The molecule has 0 radical (unpaired) electrons. The molecule has 0 atom stereocenters. The van der Waals surface area contributed by atoms with Crippen molar-refractivity contribution in [3.63, 3.8) is 0 Å². The molecule has 2 rings (SSSR count). The van der Waals surface area contributed by atoms with Gasteiger partial charge in [0.15, 0.2) is 0 Å². The number of aromatic nitrogens is 1. The molecule has 2 aromatic rings. The molecule has 0 aliphatic carbocycles. The molecule has 0 fully saturated rings. The third-order valence-corrected chi connectivity index (χ3v) is 2.73. The van der Waals surface area contributed by atoms with Crippen LogP contribution in [0.5, 0.6) is 5.75 Å². The van der Waals surface area contributed by atoms with E-state index >= 15 is 0 Å². The molecule has 0 bridgehead atoms. The predicted molar refractivity (Wildman–Crippen MR) is 69.2 cm³/mol. The summed E-state index contributed by atoms with van der Waals surface area (Å²) in [5.41, 5.74) is 1.87. The number of carbonyl (C=O) groups is 1. The second-order valence-electron chi connectivity index (χ2n) is 3.67. The highest BCUT2D eigenvalue weighted by Gasteiger charge is 2.15. The van der Waals surface area contributed by atoms with Crippen molar-refractivity contribution in [1.29, 1.82) is 0 Å². The van der Waals surface area contributed by atoms with Gasteiger partial charge in [-0.2, -0.15) is 0 Å². The Kier molecular flexibility index (Phi) is 3.32. The van der Waals surface area contributed by atoms with E-state index < -0.39 is 5.97 Å². The van der Waals surface area contributed by atoms with Gasteiger partial charge in [-0.3, -0.25) is 4.98 Å². The first-order chi connectivity index (χ1) is 8.71. The summed E-state index contributed by atoms with van der Waals surface area (Å²) in [6.07, 6.45) is 1.51. The summed E-state index contributed by atoms with van der Waals surface area (Å²) >= 11 is 0. The average Bonchev–Trinajstić information content (AvgIpc) is 2.44. The number of hydrogen-bond donors (Lipinski definition) is 1. The van der Waals surface area contributed by atoms with Crippen LogP contribution in [-0.4, -0.2) is 32.2 Å². The average molecular weight is 246 g/mol. The monoisotopic (exact) mass is 246 g/mol. The lowest BCUT2D eigenvalue weighted by Crippen LogP contribution is -2.07. The number of pyridine rings is 1. The maximum Gasteiger partial charge on any atom is 0.341 e. The number of benzene rings is 1. The molecule has 5 nitrogen and oxygen atoms in total. The molecule has 1 N–H and O–H groups in total. The van der Waals surface area contributed by atoms with Crippen LogP contribution < -0.4 is 10.1 Å². The molecule has 0 aliphatic heterocycles. The van der Waals surface area contributed by atoms with Gasteiger partial charge in [0.25, 0.3) is 0 Å². The smallest absolute Gasteiger partial charge is 0.341 e.